The molecule has 248 valence electrons. The highest BCUT2D eigenvalue weighted by atomic mass is 16.2. The number of hydrogen-bond donors (Lipinski definition) is 1. The van der Waals surface area contributed by atoms with Crippen molar-refractivity contribution in [3.05, 3.63) is 167 Å². The smallest absolute Gasteiger partial charge is 0.247 e. The van der Waals surface area contributed by atoms with Crippen molar-refractivity contribution in [2.75, 3.05) is 22.9 Å². The summed E-state index contributed by atoms with van der Waals surface area (Å²) in [5.41, 5.74) is 15.2. The number of nitrogens with zero attached hydrogens (tertiary/aromatic N) is 2. The van der Waals surface area contributed by atoms with E-state index in [-0.39, 0.29) is 30.8 Å². The fourth-order valence-electron chi connectivity index (χ4n) is 8.26. The van der Waals surface area contributed by atoms with Crippen molar-refractivity contribution in [2.45, 2.75) is 25.8 Å². The predicted molar refractivity (Wildman–Crippen MR) is 202 cm³/mol. The van der Waals surface area contributed by atoms with Gasteiger partial charge in [-0.15, -0.1) is 0 Å². The third-order valence-corrected chi connectivity index (χ3v) is 10.6. The monoisotopic (exact) mass is 665 g/mol. The molecule has 0 fully saturated rings. The van der Waals surface area contributed by atoms with Crippen LogP contribution < -0.4 is 15.1 Å². The summed E-state index contributed by atoms with van der Waals surface area (Å²) >= 11 is 0. The molecule has 0 atom stereocenters. The zero-order chi connectivity index (χ0) is 34.6. The van der Waals surface area contributed by atoms with Crippen molar-refractivity contribution in [1.82, 2.24) is 5.32 Å². The van der Waals surface area contributed by atoms with Crippen LogP contribution in [0.25, 0.3) is 33.4 Å². The summed E-state index contributed by atoms with van der Waals surface area (Å²) in [5.74, 6) is -0.883. The molecule has 9 rings (SSSR count). The van der Waals surface area contributed by atoms with Crippen LogP contribution in [0.2, 0.25) is 0 Å². The molecule has 6 heteroatoms. The molecule has 0 saturated heterocycles. The quantitative estimate of drug-likeness (QED) is 0.187. The molecule has 0 heterocycles. The third-order valence-electron chi connectivity index (χ3n) is 10.6. The van der Waals surface area contributed by atoms with Gasteiger partial charge in [0.15, 0.2) is 0 Å². The van der Waals surface area contributed by atoms with E-state index in [2.05, 4.69) is 78.1 Å². The molecular formula is C45H35N3O3. The van der Waals surface area contributed by atoms with E-state index < -0.39 is 6.04 Å². The summed E-state index contributed by atoms with van der Waals surface area (Å²) in [5, 5.41) is 2.66. The van der Waals surface area contributed by atoms with Crippen LogP contribution in [0, 0.1) is 0 Å². The number of benzene rings is 6. The van der Waals surface area contributed by atoms with Crippen LogP contribution in [0.3, 0.4) is 0 Å². The van der Waals surface area contributed by atoms with Crippen molar-refractivity contribution in [3.63, 3.8) is 0 Å². The molecule has 0 unspecified atom stereocenters. The molecule has 3 aliphatic carbocycles. The van der Waals surface area contributed by atoms with Crippen LogP contribution in [0.15, 0.2) is 133 Å². The van der Waals surface area contributed by atoms with Crippen LogP contribution in [-0.2, 0) is 27.2 Å². The first-order chi connectivity index (χ1) is 24.9. The van der Waals surface area contributed by atoms with Gasteiger partial charge in [0.1, 0.15) is 6.54 Å². The lowest BCUT2D eigenvalue weighted by molar-refractivity contribution is -0.124. The standard InChI is InChI=1S/C45H35N3O3/c1-28(49)46-26-43(50)47(33-18-20-37-31(24-33)22-29-10-2-4-12-35(29)37)27-44(51)48(34-19-21-38-32(25-34)23-30-11-3-5-13-36(30)38)45-41-16-8-6-14-39(41)40-15-7-9-17-42(40)45/h2-21,24-25,45H,22-23,26-27H2,1H3,(H,46,49). The Morgan fingerprint density at radius 1 is 0.549 bits per heavy atom. The van der Waals surface area contributed by atoms with E-state index in [1.165, 1.54) is 45.2 Å². The minimum absolute atomic E-state index is 0.206. The van der Waals surface area contributed by atoms with E-state index in [1.54, 1.807) is 0 Å². The van der Waals surface area contributed by atoms with Gasteiger partial charge in [-0.2, -0.15) is 0 Å². The lowest BCUT2D eigenvalue weighted by Gasteiger charge is -2.33. The number of nitrogens with one attached hydrogen (secondary N) is 1. The second-order valence-corrected chi connectivity index (χ2v) is 13.6. The number of carbonyl (C=O) groups excluding carboxylic acids is 3. The minimum Gasteiger partial charge on any atom is -0.347 e. The van der Waals surface area contributed by atoms with E-state index in [0.29, 0.717) is 5.69 Å². The van der Waals surface area contributed by atoms with Crippen molar-refractivity contribution in [3.8, 4) is 33.4 Å². The normalized spacial score (nSPS) is 13.0. The largest absolute Gasteiger partial charge is 0.347 e. The Balaban J connectivity index is 1.14. The Kier molecular flexibility index (Phi) is 7.39. The van der Waals surface area contributed by atoms with Gasteiger partial charge in [-0.3, -0.25) is 19.3 Å². The lowest BCUT2D eigenvalue weighted by Crippen LogP contribution is -2.47. The Morgan fingerprint density at radius 3 is 1.59 bits per heavy atom. The van der Waals surface area contributed by atoms with Gasteiger partial charge in [0, 0.05) is 18.3 Å². The molecule has 3 amide bonds. The Morgan fingerprint density at radius 2 is 1.02 bits per heavy atom. The van der Waals surface area contributed by atoms with Gasteiger partial charge in [-0.1, -0.05) is 109 Å². The summed E-state index contributed by atoms with van der Waals surface area (Å²) in [6.45, 7) is 0.965. The van der Waals surface area contributed by atoms with Crippen LogP contribution in [0.5, 0.6) is 0 Å². The molecular weight excluding hydrogens is 631 g/mol. The van der Waals surface area contributed by atoms with Gasteiger partial charge in [0.05, 0.1) is 12.6 Å². The fraction of sp³-hybridized carbons (Fsp3) is 0.133. The molecule has 6 nitrogen and oxygen atoms in total. The summed E-state index contributed by atoms with van der Waals surface area (Å²) in [7, 11) is 0. The van der Waals surface area contributed by atoms with Crippen LogP contribution in [0.4, 0.5) is 11.4 Å². The Bertz CT molecular complexity index is 2370. The second kappa shape index (κ2) is 12.3. The zero-order valence-corrected chi connectivity index (χ0v) is 28.2. The highest BCUT2D eigenvalue weighted by molar-refractivity contribution is 6.06. The maximum Gasteiger partial charge on any atom is 0.247 e. The average molecular weight is 666 g/mol. The van der Waals surface area contributed by atoms with E-state index in [1.807, 2.05) is 65.6 Å². The molecule has 0 spiro atoms. The highest BCUT2D eigenvalue weighted by Gasteiger charge is 2.38. The number of amides is 3. The first kappa shape index (κ1) is 30.8. The molecule has 0 aromatic heterocycles. The molecule has 0 saturated carbocycles. The predicted octanol–water partition coefficient (Wildman–Crippen LogP) is 8.10. The van der Waals surface area contributed by atoms with Crippen molar-refractivity contribution >= 4 is 29.1 Å². The summed E-state index contributed by atoms with van der Waals surface area (Å²) < 4.78 is 0. The van der Waals surface area contributed by atoms with Gasteiger partial charge in [0.25, 0.3) is 0 Å². The van der Waals surface area contributed by atoms with Gasteiger partial charge in [-0.05, 0) is 104 Å². The first-order valence-corrected chi connectivity index (χ1v) is 17.4. The van der Waals surface area contributed by atoms with E-state index in [0.717, 1.165) is 51.9 Å². The second-order valence-electron chi connectivity index (χ2n) is 13.6. The van der Waals surface area contributed by atoms with Crippen LogP contribution in [0.1, 0.15) is 46.3 Å². The first-order valence-electron chi connectivity index (χ1n) is 17.4. The lowest BCUT2D eigenvalue weighted by atomic mass is 10.00. The maximum atomic E-state index is 15.2. The summed E-state index contributed by atoms with van der Waals surface area (Å²) in [4.78, 5) is 44.5. The molecule has 6 aromatic rings. The van der Waals surface area contributed by atoms with E-state index in [4.69, 9.17) is 0 Å². The number of anilines is 2. The number of hydrogen-bond acceptors (Lipinski definition) is 3. The Labute approximate surface area is 297 Å². The maximum absolute atomic E-state index is 15.2. The third kappa shape index (κ3) is 5.22. The van der Waals surface area contributed by atoms with E-state index in [9.17, 15) is 9.59 Å². The molecule has 1 N–H and O–H groups in total. The number of carbonyl (C=O) groups is 3. The van der Waals surface area contributed by atoms with E-state index >= 15 is 4.79 Å². The van der Waals surface area contributed by atoms with Crippen molar-refractivity contribution in [1.29, 1.82) is 0 Å². The van der Waals surface area contributed by atoms with Crippen molar-refractivity contribution in [2.24, 2.45) is 0 Å². The number of fused-ring (bicyclic) bond motifs is 9. The SMILES string of the molecule is CC(=O)NCC(=O)N(CC(=O)N(c1ccc2c(c1)Cc1ccccc1-2)C1c2ccccc2-c2ccccc21)c1ccc2c(c1)Cc1ccccc1-2. The van der Waals surface area contributed by atoms with Crippen LogP contribution in [-0.4, -0.2) is 30.8 Å². The van der Waals surface area contributed by atoms with Crippen LogP contribution >= 0.6 is 0 Å². The zero-order valence-electron chi connectivity index (χ0n) is 28.2. The fourth-order valence-corrected chi connectivity index (χ4v) is 8.26. The molecule has 6 aromatic carbocycles. The summed E-state index contributed by atoms with van der Waals surface area (Å²) in [6.07, 6.45) is 1.54. The molecule has 51 heavy (non-hydrogen) atoms. The molecule has 0 aliphatic heterocycles. The highest BCUT2D eigenvalue weighted by Crippen LogP contribution is 2.49. The number of rotatable bonds is 7. The Hall–Kier alpha value is -6.27. The molecule has 0 bridgehead atoms. The van der Waals surface area contributed by atoms with Gasteiger partial charge in [-0.25, -0.2) is 0 Å². The van der Waals surface area contributed by atoms with Gasteiger partial charge < -0.3 is 10.2 Å². The summed E-state index contributed by atoms with van der Waals surface area (Å²) in [6, 6.07) is 45.2. The van der Waals surface area contributed by atoms with Gasteiger partial charge in [0.2, 0.25) is 17.7 Å². The molecule has 3 aliphatic rings. The average Bonchev–Trinajstić information content (AvgIpc) is 3.82. The minimum atomic E-state index is -0.395. The van der Waals surface area contributed by atoms with Gasteiger partial charge >= 0.3 is 0 Å². The topological polar surface area (TPSA) is 69.7 Å². The molecule has 0 radical (unpaired) electrons. The van der Waals surface area contributed by atoms with Crippen molar-refractivity contribution < 1.29 is 14.4 Å².